The third-order valence-electron chi connectivity index (χ3n) is 3.99. The van der Waals surface area contributed by atoms with Crippen molar-refractivity contribution in [3.05, 3.63) is 0 Å². The van der Waals surface area contributed by atoms with E-state index in [9.17, 15) is 8.42 Å². The molecule has 2 saturated carbocycles. The summed E-state index contributed by atoms with van der Waals surface area (Å²) in [6.07, 6.45) is 6.01. The van der Waals surface area contributed by atoms with E-state index in [2.05, 4.69) is 4.72 Å². The summed E-state index contributed by atoms with van der Waals surface area (Å²) < 4.78 is 26.3. The molecule has 0 aromatic carbocycles. The third-order valence-corrected chi connectivity index (χ3v) is 5.88. The molecule has 0 amide bonds. The molecule has 0 radical (unpaired) electrons. The highest BCUT2D eigenvalue weighted by Gasteiger charge is 2.38. The van der Waals surface area contributed by atoms with Crippen LogP contribution in [0.1, 0.15) is 38.5 Å². The Hall–Kier alpha value is -0.130. The smallest absolute Gasteiger partial charge is 0.214 e. The molecule has 0 aliphatic heterocycles. The van der Waals surface area contributed by atoms with Gasteiger partial charge in [-0.2, -0.15) is 0 Å². The lowest BCUT2D eigenvalue weighted by atomic mass is 9.69. The van der Waals surface area contributed by atoms with Gasteiger partial charge in [-0.3, -0.25) is 0 Å². The van der Waals surface area contributed by atoms with Crippen molar-refractivity contribution in [2.45, 2.75) is 43.8 Å². The molecule has 2 aliphatic rings. The molecule has 0 unspecified atom stereocenters. The molecule has 88 valence electrons. The summed E-state index contributed by atoms with van der Waals surface area (Å²) >= 11 is 0. The zero-order valence-corrected chi connectivity index (χ0v) is 9.85. The molecule has 0 spiro atoms. The van der Waals surface area contributed by atoms with Crippen molar-refractivity contribution in [2.75, 3.05) is 13.1 Å². The van der Waals surface area contributed by atoms with E-state index in [0.717, 1.165) is 32.1 Å². The first kappa shape index (κ1) is 11.4. The fraction of sp³-hybridized carbons (Fsp3) is 1.00. The van der Waals surface area contributed by atoms with E-state index in [0.29, 0.717) is 13.1 Å². The van der Waals surface area contributed by atoms with E-state index in [1.807, 2.05) is 0 Å². The average Bonchev–Trinajstić information content (AvgIpc) is 1.98. The minimum Gasteiger partial charge on any atom is -0.330 e. The molecule has 2 rings (SSSR count). The number of nitrogens with one attached hydrogen (secondary N) is 1. The van der Waals surface area contributed by atoms with Crippen molar-refractivity contribution in [1.29, 1.82) is 0 Å². The monoisotopic (exact) mass is 232 g/mol. The Labute approximate surface area is 91.7 Å². The van der Waals surface area contributed by atoms with Crippen LogP contribution < -0.4 is 10.5 Å². The predicted molar refractivity (Wildman–Crippen MR) is 59.9 cm³/mol. The Kier molecular flexibility index (Phi) is 3.05. The van der Waals surface area contributed by atoms with Crippen LogP contribution in [0.15, 0.2) is 0 Å². The second-order valence-corrected chi connectivity index (χ2v) is 7.02. The summed E-state index contributed by atoms with van der Waals surface area (Å²) in [7, 11) is -3.05. The lowest BCUT2D eigenvalue weighted by molar-refractivity contribution is 0.150. The van der Waals surface area contributed by atoms with Crippen molar-refractivity contribution < 1.29 is 8.42 Å². The first-order valence-electron chi connectivity index (χ1n) is 5.77. The highest BCUT2D eigenvalue weighted by molar-refractivity contribution is 7.90. The molecular formula is C10H20N2O2S. The topological polar surface area (TPSA) is 72.2 Å². The largest absolute Gasteiger partial charge is 0.330 e. The number of hydrogen-bond acceptors (Lipinski definition) is 3. The van der Waals surface area contributed by atoms with Crippen molar-refractivity contribution in [1.82, 2.24) is 4.72 Å². The predicted octanol–water partition coefficient (Wildman–Crippen LogP) is 0.587. The second kappa shape index (κ2) is 4.03. The third kappa shape index (κ3) is 2.19. The number of sulfonamides is 1. The summed E-state index contributed by atoms with van der Waals surface area (Å²) in [5, 5.41) is -0.132. The van der Waals surface area contributed by atoms with Gasteiger partial charge in [-0.15, -0.1) is 0 Å². The van der Waals surface area contributed by atoms with Gasteiger partial charge in [0.05, 0.1) is 5.25 Å². The van der Waals surface area contributed by atoms with Crippen LogP contribution in [0.3, 0.4) is 0 Å². The van der Waals surface area contributed by atoms with Crippen LogP contribution in [0, 0.1) is 5.41 Å². The van der Waals surface area contributed by atoms with Gasteiger partial charge in [0, 0.05) is 6.54 Å². The fourth-order valence-corrected chi connectivity index (χ4v) is 3.88. The molecular weight excluding hydrogens is 212 g/mol. The zero-order valence-electron chi connectivity index (χ0n) is 9.04. The van der Waals surface area contributed by atoms with E-state index in [1.165, 1.54) is 6.42 Å². The minimum absolute atomic E-state index is 0.0663. The van der Waals surface area contributed by atoms with E-state index in [4.69, 9.17) is 5.73 Å². The van der Waals surface area contributed by atoms with Crippen LogP contribution in [0.25, 0.3) is 0 Å². The Morgan fingerprint density at radius 1 is 1.27 bits per heavy atom. The van der Waals surface area contributed by atoms with E-state index >= 15 is 0 Å². The van der Waals surface area contributed by atoms with Crippen molar-refractivity contribution in [2.24, 2.45) is 11.1 Å². The summed E-state index contributed by atoms with van der Waals surface area (Å²) in [5.41, 5.74) is 5.75. The minimum atomic E-state index is -3.05. The van der Waals surface area contributed by atoms with Crippen LogP contribution >= 0.6 is 0 Å². The first-order valence-corrected chi connectivity index (χ1v) is 7.31. The summed E-state index contributed by atoms with van der Waals surface area (Å²) in [6.45, 7) is 1.14. The van der Waals surface area contributed by atoms with Gasteiger partial charge in [0.2, 0.25) is 10.0 Å². The van der Waals surface area contributed by atoms with Gasteiger partial charge in [-0.25, -0.2) is 13.1 Å². The van der Waals surface area contributed by atoms with E-state index < -0.39 is 10.0 Å². The number of hydrogen-bond donors (Lipinski definition) is 2. The molecule has 0 heterocycles. The van der Waals surface area contributed by atoms with Crippen molar-refractivity contribution in [3.63, 3.8) is 0 Å². The first-order chi connectivity index (χ1) is 7.08. The SMILES string of the molecule is NCC1(CNS(=O)(=O)C2CCC2)CCC1. The van der Waals surface area contributed by atoms with Gasteiger partial charge in [0.15, 0.2) is 0 Å². The number of nitrogens with two attached hydrogens (primary N) is 1. The normalized spacial score (nSPS) is 25.7. The fourth-order valence-electron chi connectivity index (χ4n) is 2.18. The quantitative estimate of drug-likeness (QED) is 0.728. The molecule has 3 N–H and O–H groups in total. The lowest BCUT2D eigenvalue weighted by Gasteiger charge is -2.41. The Bertz CT molecular complexity index is 313. The molecule has 0 atom stereocenters. The Morgan fingerprint density at radius 3 is 2.27 bits per heavy atom. The summed E-state index contributed by atoms with van der Waals surface area (Å²) in [6, 6.07) is 0. The molecule has 2 aliphatic carbocycles. The molecule has 0 aromatic heterocycles. The van der Waals surface area contributed by atoms with Crippen molar-refractivity contribution in [3.8, 4) is 0 Å². The van der Waals surface area contributed by atoms with Crippen LogP contribution in [0.5, 0.6) is 0 Å². The van der Waals surface area contributed by atoms with E-state index in [-0.39, 0.29) is 10.7 Å². The Balaban J connectivity index is 1.86. The van der Waals surface area contributed by atoms with Crippen LogP contribution in [-0.2, 0) is 10.0 Å². The highest BCUT2D eigenvalue weighted by Crippen LogP contribution is 2.39. The maximum atomic E-state index is 11.8. The zero-order chi connectivity index (χ0) is 10.9. The van der Waals surface area contributed by atoms with E-state index in [1.54, 1.807) is 0 Å². The van der Waals surface area contributed by atoms with Gasteiger partial charge in [-0.1, -0.05) is 12.8 Å². The summed E-state index contributed by atoms with van der Waals surface area (Å²) in [5.74, 6) is 0. The molecule has 5 heteroatoms. The van der Waals surface area contributed by atoms with Gasteiger partial charge in [0.25, 0.3) is 0 Å². The molecule has 2 fully saturated rings. The average molecular weight is 232 g/mol. The maximum absolute atomic E-state index is 11.8. The maximum Gasteiger partial charge on any atom is 0.214 e. The van der Waals surface area contributed by atoms with Crippen LogP contribution in [0.2, 0.25) is 0 Å². The molecule has 4 nitrogen and oxygen atoms in total. The van der Waals surface area contributed by atoms with Gasteiger partial charge >= 0.3 is 0 Å². The van der Waals surface area contributed by atoms with Gasteiger partial charge in [-0.05, 0) is 37.6 Å². The number of rotatable bonds is 5. The van der Waals surface area contributed by atoms with Crippen LogP contribution in [0.4, 0.5) is 0 Å². The Morgan fingerprint density at radius 2 is 1.93 bits per heavy atom. The van der Waals surface area contributed by atoms with Crippen LogP contribution in [-0.4, -0.2) is 26.8 Å². The summed E-state index contributed by atoms with van der Waals surface area (Å²) in [4.78, 5) is 0. The molecule has 0 bridgehead atoms. The highest BCUT2D eigenvalue weighted by atomic mass is 32.2. The van der Waals surface area contributed by atoms with Gasteiger partial charge < -0.3 is 5.73 Å². The standard InChI is InChI=1S/C10H20N2O2S/c11-7-10(5-2-6-10)8-12-15(13,14)9-3-1-4-9/h9,12H,1-8,11H2. The van der Waals surface area contributed by atoms with Crippen molar-refractivity contribution >= 4 is 10.0 Å². The molecule has 0 aromatic rings. The molecule has 15 heavy (non-hydrogen) atoms. The second-order valence-electron chi connectivity index (χ2n) is 4.98. The lowest BCUT2D eigenvalue weighted by Crippen LogP contribution is -2.49. The van der Waals surface area contributed by atoms with Gasteiger partial charge in [0.1, 0.15) is 0 Å². The molecule has 0 saturated heterocycles.